The summed E-state index contributed by atoms with van der Waals surface area (Å²) >= 11 is 0. The van der Waals surface area contributed by atoms with Crippen LogP contribution in [0.2, 0.25) is 0 Å². The molecule has 1 aromatic heterocycles. The average molecular weight is 278 g/mol. The molecule has 5 nitrogen and oxygen atoms in total. The molecule has 20 heavy (non-hydrogen) atoms. The van der Waals surface area contributed by atoms with Crippen molar-refractivity contribution in [2.45, 2.75) is 57.4 Å². The summed E-state index contributed by atoms with van der Waals surface area (Å²) in [5.41, 5.74) is 0. The van der Waals surface area contributed by atoms with E-state index in [2.05, 4.69) is 29.2 Å². The van der Waals surface area contributed by atoms with Crippen LogP contribution in [0.1, 0.15) is 63.1 Å². The molecule has 2 aliphatic rings. The first-order valence-electron chi connectivity index (χ1n) is 8.02. The summed E-state index contributed by atoms with van der Waals surface area (Å²) in [6, 6.07) is 0.644. The van der Waals surface area contributed by atoms with E-state index in [0.717, 1.165) is 50.7 Å². The van der Waals surface area contributed by atoms with Crippen molar-refractivity contribution in [3.05, 3.63) is 11.7 Å². The van der Waals surface area contributed by atoms with E-state index >= 15 is 0 Å². The highest BCUT2D eigenvalue weighted by Crippen LogP contribution is 2.29. The fourth-order valence-electron chi connectivity index (χ4n) is 3.32. The Morgan fingerprint density at radius 1 is 1.20 bits per heavy atom. The molecule has 2 aliphatic heterocycles. The molecule has 2 fully saturated rings. The quantitative estimate of drug-likeness (QED) is 0.918. The van der Waals surface area contributed by atoms with E-state index in [4.69, 9.17) is 9.51 Å². The lowest BCUT2D eigenvalue weighted by atomic mass is 9.95. The molecule has 2 saturated heterocycles. The summed E-state index contributed by atoms with van der Waals surface area (Å²) < 4.78 is 5.52. The van der Waals surface area contributed by atoms with Crippen LogP contribution in [0.25, 0.3) is 0 Å². The predicted octanol–water partition coefficient (Wildman–Crippen LogP) is 2.12. The summed E-state index contributed by atoms with van der Waals surface area (Å²) in [6.45, 7) is 8.93. The lowest BCUT2D eigenvalue weighted by Crippen LogP contribution is -2.38. The molecule has 0 spiro atoms. The fourth-order valence-corrected chi connectivity index (χ4v) is 3.32. The lowest BCUT2D eigenvalue weighted by Gasteiger charge is -2.33. The van der Waals surface area contributed by atoms with Crippen LogP contribution in [0, 0.1) is 0 Å². The van der Waals surface area contributed by atoms with Gasteiger partial charge in [-0.2, -0.15) is 4.98 Å². The molecule has 0 saturated carbocycles. The zero-order chi connectivity index (χ0) is 13.9. The molecule has 1 aromatic rings. The molecule has 3 rings (SSSR count). The van der Waals surface area contributed by atoms with Gasteiger partial charge in [0.05, 0.1) is 5.92 Å². The highest BCUT2D eigenvalue weighted by Gasteiger charge is 2.27. The highest BCUT2D eigenvalue weighted by molar-refractivity contribution is 5.02. The van der Waals surface area contributed by atoms with Crippen LogP contribution in [0.5, 0.6) is 0 Å². The van der Waals surface area contributed by atoms with Gasteiger partial charge in [-0.15, -0.1) is 0 Å². The van der Waals surface area contributed by atoms with Crippen LogP contribution < -0.4 is 5.32 Å². The van der Waals surface area contributed by atoms with Gasteiger partial charge < -0.3 is 14.7 Å². The minimum Gasteiger partial charge on any atom is -0.339 e. The van der Waals surface area contributed by atoms with Gasteiger partial charge in [0.1, 0.15) is 0 Å². The second-order valence-electron chi connectivity index (χ2n) is 6.44. The molecule has 0 aromatic carbocycles. The fraction of sp³-hybridized carbons (Fsp3) is 0.867. The summed E-state index contributed by atoms with van der Waals surface area (Å²) in [4.78, 5) is 7.22. The van der Waals surface area contributed by atoms with Crippen LogP contribution in [0.3, 0.4) is 0 Å². The maximum Gasteiger partial charge on any atom is 0.231 e. The van der Waals surface area contributed by atoms with Crippen molar-refractivity contribution >= 4 is 0 Å². The van der Waals surface area contributed by atoms with E-state index in [-0.39, 0.29) is 0 Å². The van der Waals surface area contributed by atoms with Crippen molar-refractivity contribution < 1.29 is 4.52 Å². The zero-order valence-electron chi connectivity index (χ0n) is 12.6. The van der Waals surface area contributed by atoms with Gasteiger partial charge in [0.15, 0.2) is 5.82 Å². The molecule has 5 heteroatoms. The minimum atomic E-state index is 0.417. The first kappa shape index (κ1) is 14.0. The number of piperidine rings is 2. The van der Waals surface area contributed by atoms with Crippen LogP contribution in [0.4, 0.5) is 0 Å². The summed E-state index contributed by atoms with van der Waals surface area (Å²) in [7, 11) is 0. The Morgan fingerprint density at radius 3 is 2.65 bits per heavy atom. The Labute approximate surface area is 121 Å². The van der Waals surface area contributed by atoms with Crippen LogP contribution >= 0.6 is 0 Å². The molecule has 0 radical (unpaired) electrons. The van der Waals surface area contributed by atoms with Crippen molar-refractivity contribution in [3.63, 3.8) is 0 Å². The molecule has 1 atom stereocenters. The first-order valence-corrected chi connectivity index (χ1v) is 8.02. The SMILES string of the molecule is CC(C)N1CCC(c2noc(C3CCCNC3)n2)CC1. The van der Waals surface area contributed by atoms with E-state index in [1.807, 2.05) is 0 Å². The van der Waals surface area contributed by atoms with E-state index in [9.17, 15) is 0 Å². The molecule has 0 bridgehead atoms. The third-order valence-corrected chi connectivity index (χ3v) is 4.73. The molecule has 1 unspecified atom stereocenters. The Kier molecular flexibility index (Phi) is 4.36. The maximum absolute atomic E-state index is 5.52. The second-order valence-corrected chi connectivity index (χ2v) is 6.44. The van der Waals surface area contributed by atoms with Crippen LogP contribution in [-0.2, 0) is 0 Å². The van der Waals surface area contributed by atoms with Crippen molar-refractivity contribution in [2.24, 2.45) is 0 Å². The predicted molar refractivity (Wildman–Crippen MR) is 77.8 cm³/mol. The number of hydrogen-bond acceptors (Lipinski definition) is 5. The molecule has 0 amide bonds. The highest BCUT2D eigenvalue weighted by atomic mass is 16.5. The molecule has 0 aliphatic carbocycles. The first-order chi connectivity index (χ1) is 9.74. The zero-order valence-corrected chi connectivity index (χ0v) is 12.6. The lowest BCUT2D eigenvalue weighted by molar-refractivity contribution is 0.168. The number of nitrogens with one attached hydrogen (secondary N) is 1. The van der Waals surface area contributed by atoms with E-state index in [0.29, 0.717) is 17.9 Å². The number of nitrogens with zero attached hydrogens (tertiary/aromatic N) is 3. The van der Waals surface area contributed by atoms with Gasteiger partial charge in [-0.1, -0.05) is 5.16 Å². The molecule has 3 heterocycles. The monoisotopic (exact) mass is 278 g/mol. The van der Waals surface area contributed by atoms with Crippen molar-refractivity contribution in [2.75, 3.05) is 26.2 Å². The normalized spacial score (nSPS) is 26.2. The van der Waals surface area contributed by atoms with Gasteiger partial charge in [-0.3, -0.25) is 0 Å². The van der Waals surface area contributed by atoms with Gasteiger partial charge in [-0.05, 0) is 59.2 Å². The number of aromatic nitrogens is 2. The summed E-state index contributed by atoms with van der Waals surface area (Å²) in [5.74, 6) is 2.69. The Bertz CT molecular complexity index is 417. The number of likely N-dealkylation sites (tertiary alicyclic amines) is 1. The van der Waals surface area contributed by atoms with Crippen molar-refractivity contribution in [1.29, 1.82) is 0 Å². The number of hydrogen-bond donors (Lipinski definition) is 1. The summed E-state index contributed by atoms with van der Waals surface area (Å²) in [5, 5.41) is 7.66. The van der Waals surface area contributed by atoms with Gasteiger partial charge in [0.2, 0.25) is 5.89 Å². The van der Waals surface area contributed by atoms with E-state index in [1.165, 1.54) is 12.8 Å². The largest absolute Gasteiger partial charge is 0.339 e. The third-order valence-electron chi connectivity index (χ3n) is 4.73. The molecular formula is C15H26N4O. The average Bonchev–Trinajstić information content (AvgIpc) is 2.98. The Hall–Kier alpha value is -0.940. The van der Waals surface area contributed by atoms with E-state index in [1.54, 1.807) is 0 Å². The van der Waals surface area contributed by atoms with Gasteiger partial charge in [0.25, 0.3) is 0 Å². The van der Waals surface area contributed by atoms with Gasteiger partial charge in [0, 0.05) is 18.5 Å². The topological polar surface area (TPSA) is 54.2 Å². The van der Waals surface area contributed by atoms with Gasteiger partial charge >= 0.3 is 0 Å². The second kappa shape index (κ2) is 6.22. The number of rotatable bonds is 3. The smallest absolute Gasteiger partial charge is 0.231 e. The van der Waals surface area contributed by atoms with Crippen molar-refractivity contribution in [3.8, 4) is 0 Å². The Balaban J connectivity index is 1.60. The van der Waals surface area contributed by atoms with Crippen molar-refractivity contribution in [1.82, 2.24) is 20.4 Å². The Morgan fingerprint density at radius 2 is 2.00 bits per heavy atom. The standard InChI is InChI=1S/C15H26N4O/c1-11(2)19-8-5-12(6-9-19)14-17-15(20-18-14)13-4-3-7-16-10-13/h11-13,16H,3-10H2,1-2H3. The molecule has 1 N–H and O–H groups in total. The molecule has 112 valence electrons. The third kappa shape index (κ3) is 3.04. The molecular weight excluding hydrogens is 252 g/mol. The maximum atomic E-state index is 5.52. The van der Waals surface area contributed by atoms with Gasteiger partial charge in [-0.25, -0.2) is 0 Å². The minimum absolute atomic E-state index is 0.417. The van der Waals surface area contributed by atoms with Crippen LogP contribution in [-0.4, -0.2) is 47.3 Å². The van der Waals surface area contributed by atoms with Crippen LogP contribution in [0.15, 0.2) is 4.52 Å². The van der Waals surface area contributed by atoms with E-state index < -0.39 is 0 Å². The summed E-state index contributed by atoms with van der Waals surface area (Å²) in [6.07, 6.45) is 4.68.